The number of benzene rings is 1. The van der Waals surface area contributed by atoms with Gasteiger partial charge in [0.15, 0.2) is 0 Å². The molecule has 0 N–H and O–H groups in total. The summed E-state index contributed by atoms with van der Waals surface area (Å²) in [6.07, 6.45) is 6.64. The van der Waals surface area contributed by atoms with Gasteiger partial charge in [-0.2, -0.15) is 0 Å². The van der Waals surface area contributed by atoms with E-state index in [4.69, 9.17) is 0 Å². The van der Waals surface area contributed by atoms with Gasteiger partial charge in [-0.25, -0.2) is 0 Å². The fourth-order valence-electron chi connectivity index (χ4n) is 3.71. The topological polar surface area (TPSA) is 49.6 Å². The van der Waals surface area contributed by atoms with Crippen LogP contribution in [-0.2, 0) is 6.54 Å². The van der Waals surface area contributed by atoms with E-state index < -0.39 is 0 Å². The Morgan fingerprint density at radius 3 is 2.23 bits per heavy atom. The standard InChI is InChI=1S/C17H25N3O2/c21-20(22)17-6-4-15(5-7-17)14-18-12-8-16(9-13-18)19-10-2-1-3-11-19/h4-7,16H,1-3,8-14H2. The van der Waals surface area contributed by atoms with Crippen molar-refractivity contribution in [3.63, 3.8) is 0 Å². The Hall–Kier alpha value is -1.46. The lowest BCUT2D eigenvalue weighted by Gasteiger charge is -2.40. The zero-order valence-corrected chi connectivity index (χ0v) is 13.1. The lowest BCUT2D eigenvalue weighted by Crippen LogP contribution is -2.46. The third-order valence-electron chi connectivity index (χ3n) is 5.02. The minimum atomic E-state index is -0.339. The summed E-state index contributed by atoms with van der Waals surface area (Å²) >= 11 is 0. The molecule has 2 saturated heterocycles. The van der Waals surface area contributed by atoms with Gasteiger partial charge in [0.05, 0.1) is 4.92 Å². The molecular formula is C17H25N3O2. The molecular weight excluding hydrogens is 278 g/mol. The molecule has 120 valence electrons. The van der Waals surface area contributed by atoms with Crippen molar-refractivity contribution < 1.29 is 4.92 Å². The third-order valence-corrected chi connectivity index (χ3v) is 5.02. The minimum absolute atomic E-state index is 0.174. The maximum absolute atomic E-state index is 10.7. The molecule has 0 amide bonds. The van der Waals surface area contributed by atoms with Crippen LogP contribution in [0.4, 0.5) is 5.69 Å². The Bertz CT molecular complexity index is 489. The van der Waals surface area contributed by atoms with Crippen LogP contribution in [0.5, 0.6) is 0 Å². The van der Waals surface area contributed by atoms with Crippen LogP contribution in [0.25, 0.3) is 0 Å². The molecule has 5 nitrogen and oxygen atoms in total. The van der Waals surface area contributed by atoms with E-state index in [9.17, 15) is 10.1 Å². The monoisotopic (exact) mass is 303 g/mol. The number of rotatable bonds is 4. The van der Waals surface area contributed by atoms with Crippen LogP contribution in [0, 0.1) is 10.1 Å². The lowest BCUT2D eigenvalue weighted by molar-refractivity contribution is -0.384. The number of piperidine rings is 2. The summed E-state index contributed by atoms with van der Waals surface area (Å²) in [5.74, 6) is 0. The van der Waals surface area contributed by atoms with Gasteiger partial charge in [0, 0.05) is 24.7 Å². The molecule has 2 aliphatic heterocycles. The van der Waals surface area contributed by atoms with E-state index in [0.29, 0.717) is 0 Å². The molecule has 0 aliphatic carbocycles. The van der Waals surface area contributed by atoms with Crippen molar-refractivity contribution in [3.8, 4) is 0 Å². The Kier molecular flexibility index (Phi) is 5.05. The normalized spacial score (nSPS) is 21.8. The average Bonchev–Trinajstić information content (AvgIpc) is 2.57. The highest BCUT2D eigenvalue weighted by atomic mass is 16.6. The lowest BCUT2D eigenvalue weighted by atomic mass is 9.99. The number of non-ortho nitro benzene ring substituents is 1. The molecule has 0 atom stereocenters. The third kappa shape index (κ3) is 3.84. The maximum atomic E-state index is 10.7. The predicted octanol–water partition coefficient (Wildman–Crippen LogP) is 3.05. The quantitative estimate of drug-likeness (QED) is 0.633. The van der Waals surface area contributed by atoms with E-state index in [2.05, 4.69) is 9.80 Å². The molecule has 5 heteroatoms. The maximum Gasteiger partial charge on any atom is 0.269 e. The molecule has 0 unspecified atom stereocenters. The summed E-state index contributed by atoms with van der Waals surface area (Å²) in [6, 6.07) is 7.75. The zero-order chi connectivity index (χ0) is 15.4. The fraction of sp³-hybridized carbons (Fsp3) is 0.647. The first-order chi connectivity index (χ1) is 10.7. The van der Waals surface area contributed by atoms with Crippen molar-refractivity contribution in [2.75, 3.05) is 26.2 Å². The van der Waals surface area contributed by atoms with E-state index in [1.807, 2.05) is 12.1 Å². The van der Waals surface area contributed by atoms with E-state index in [1.54, 1.807) is 12.1 Å². The summed E-state index contributed by atoms with van der Waals surface area (Å²) in [4.78, 5) is 15.5. The summed E-state index contributed by atoms with van der Waals surface area (Å²) < 4.78 is 0. The predicted molar refractivity (Wildman–Crippen MR) is 86.8 cm³/mol. The number of hydrogen-bond acceptors (Lipinski definition) is 4. The molecule has 0 radical (unpaired) electrons. The van der Waals surface area contributed by atoms with Crippen LogP contribution in [-0.4, -0.2) is 46.9 Å². The number of nitrogens with zero attached hydrogens (tertiary/aromatic N) is 3. The molecule has 1 aromatic rings. The zero-order valence-electron chi connectivity index (χ0n) is 13.1. The molecule has 3 rings (SSSR count). The number of nitro benzene ring substituents is 1. The van der Waals surface area contributed by atoms with Gasteiger partial charge in [-0.15, -0.1) is 0 Å². The highest BCUT2D eigenvalue weighted by Crippen LogP contribution is 2.22. The van der Waals surface area contributed by atoms with E-state index in [1.165, 1.54) is 50.8 Å². The van der Waals surface area contributed by atoms with Crippen LogP contribution < -0.4 is 0 Å². The van der Waals surface area contributed by atoms with Crippen molar-refractivity contribution in [1.82, 2.24) is 9.80 Å². The molecule has 0 saturated carbocycles. The van der Waals surface area contributed by atoms with Gasteiger partial charge >= 0.3 is 0 Å². The van der Waals surface area contributed by atoms with E-state index in [-0.39, 0.29) is 10.6 Å². The molecule has 0 aromatic heterocycles. The average molecular weight is 303 g/mol. The summed E-state index contributed by atoms with van der Waals surface area (Å²) in [7, 11) is 0. The van der Waals surface area contributed by atoms with Gasteiger partial charge in [-0.3, -0.25) is 15.0 Å². The van der Waals surface area contributed by atoms with Crippen LogP contribution in [0.1, 0.15) is 37.7 Å². The van der Waals surface area contributed by atoms with Crippen LogP contribution in [0.2, 0.25) is 0 Å². The van der Waals surface area contributed by atoms with Crippen LogP contribution in [0.3, 0.4) is 0 Å². The first-order valence-corrected chi connectivity index (χ1v) is 8.42. The molecule has 22 heavy (non-hydrogen) atoms. The Morgan fingerprint density at radius 2 is 1.64 bits per heavy atom. The van der Waals surface area contributed by atoms with Crippen molar-refractivity contribution in [3.05, 3.63) is 39.9 Å². The Labute approximate surface area is 132 Å². The summed E-state index contributed by atoms with van der Waals surface area (Å²) in [5, 5.41) is 10.7. The summed E-state index contributed by atoms with van der Waals surface area (Å²) in [5.41, 5.74) is 1.34. The molecule has 0 spiro atoms. The number of hydrogen-bond donors (Lipinski definition) is 0. The largest absolute Gasteiger partial charge is 0.300 e. The Morgan fingerprint density at radius 1 is 1.00 bits per heavy atom. The smallest absolute Gasteiger partial charge is 0.269 e. The molecule has 2 heterocycles. The summed E-state index contributed by atoms with van der Waals surface area (Å²) in [6.45, 7) is 5.75. The minimum Gasteiger partial charge on any atom is -0.300 e. The van der Waals surface area contributed by atoms with Crippen molar-refractivity contribution in [1.29, 1.82) is 0 Å². The van der Waals surface area contributed by atoms with E-state index in [0.717, 1.165) is 25.7 Å². The second-order valence-corrected chi connectivity index (χ2v) is 6.53. The van der Waals surface area contributed by atoms with Crippen LogP contribution >= 0.6 is 0 Å². The number of likely N-dealkylation sites (tertiary alicyclic amines) is 2. The van der Waals surface area contributed by atoms with E-state index >= 15 is 0 Å². The van der Waals surface area contributed by atoms with Crippen LogP contribution in [0.15, 0.2) is 24.3 Å². The van der Waals surface area contributed by atoms with Gasteiger partial charge < -0.3 is 4.90 Å². The first-order valence-electron chi connectivity index (χ1n) is 8.42. The second-order valence-electron chi connectivity index (χ2n) is 6.53. The second kappa shape index (κ2) is 7.20. The van der Waals surface area contributed by atoms with Gasteiger partial charge in [0.1, 0.15) is 0 Å². The fourth-order valence-corrected chi connectivity index (χ4v) is 3.71. The highest BCUT2D eigenvalue weighted by Gasteiger charge is 2.25. The van der Waals surface area contributed by atoms with Gasteiger partial charge in [-0.1, -0.05) is 18.6 Å². The SMILES string of the molecule is O=[N+]([O-])c1ccc(CN2CCC(N3CCCCC3)CC2)cc1. The molecule has 2 aliphatic rings. The van der Waals surface area contributed by atoms with Gasteiger partial charge in [0.2, 0.25) is 0 Å². The highest BCUT2D eigenvalue weighted by molar-refractivity contribution is 5.32. The van der Waals surface area contributed by atoms with Crippen molar-refractivity contribution in [2.45, 2.75) is 44.7 Å². The first kappa shape index (κ1) is 15.4. The van der Waals surface area contributed by atoms with Gasteiger partial charge in [0.25, 0.3) is 5.69 Å². The Balaban J connectivity index is 1.48. The van der Waals surface area contributed by atoms with Crippen molar-refractivity contribution in [2.24, 2.45) is 0 Å². The van der Waals surface area contributed by atoms with Crippen molar-refractivity contribution >= 4 is 5.69 Å². The molecule has 0 bridgehead atoms. The van der Waals surface area contributed by atoms with Gasteiger partial charge in [-0.05, 0) is 57.4 Å². The molecule has 1 aromatic carbocycles. The number of nitro groups is 1. The molecule has 2 fully saturated rings.